The predicted molar refractivity (Wildman–Crippen MR) is 119 cm³/mol. The number of hydrogen-bond donors (Lipinski definition) is 1. The Bertz CT molecular complexity index is 1260. The van der Waals surface area contributed by atoms with Gasteiger partial charge in [-0.3, -0.25) is 9.78 Å². The number of amides is 1. The largest absolute Gasteiger partial charge is 0.453 e. The Hall–Kier alpha value is -4.05. The summed E-state index contributed by atoms with van der Waals surface area (Å²) in [5, 5.41) is 14.9. The van der Waals surface area contributed by atoms with E-state index >= 15 is 0 Å². The lowest BCUT2D eigenvalue weighted by Gasteiger charge is -2.07. The van der Waals surface area contributed by atoms with Gasteiger partial charge in [0, 0.05) is 18.0 Å². The lowest BCUT2D eigenvalue weighted by atomic mass is 10.2. The van der Waals surface area contributed by atoms with Gasteiger partial charge in [-0.05, 0) is 70.8 Å². The molecule has 0 aliphatic heterocycles. The van der Waals surface area contributed by atoms with Crippen LogP contribution in [-0.2, 0) is 4.79 Å². The number of nitrogens with zero attached hydrogens (tertiary/aromatic N) is 5. The van der Waals surface area contributed by atoms with Crippen molar-refractivity contribution < 1.29 is 13.9 Å². The topological polar surface area (TPSA) is 94.8 Å². The Labute approximate surface area is 187 Å². The van der Waals surface area contributed by atoms with E-state index in [1.54, 1.807) is 47.3 Å². The van der Waals surface area contributed by atoms with Crippen molar-refractivity contribution in [1.29, 1.82) is 0 Å². The number of hydrogen-bond acceptors (Lipinski definition) is 7. The third-order valence-electron chi connectivity index (χ3n) is 4.23. The SMILES string of the molecule is CSc1nnnn1-c1cccc(NC(=O)/C=C/c2ccc(Oc3cccnc3)c(F)c2)c1. The van der Waals surface area contributed by atoms with Gasteiger partial charge in [-0.1, -0.05) is 23.9 Å². The van der Waals surface area contributed by atoms with E-state index in [2.05, 4.69) is 25.8 Å². The summed E-state index contributed by atoms with van der Waals surface area (Å²) in [5.74, 6) is -0.401. The van der Waals surface area contributed by atoms with Gasteiger partial charge < -0.3 is 10.1 Å². The maximum absolute atomic E-state index is 14.3. The molecule has 32 heavy (non-hydrogen) atoms. The second-order valence-electron chi connectivity index (χ2n) is 6.43. The molecule has 2 aromatic heterocycles. The molecular formula is C22H17FN6O2S. The number of rotatable bonds is 7. The maximum atomic E-state index is 14.3. The molecule has 0 atom stereocenters. The number of carbonyl (C=O) groups is 1. The van der Waals surface area contributed by atoms with Gasteiger partial charge in [-0.25, -0.2) is 4.39 Å². The predicted octanol–water partition coefficient (Wildman–Crippen LogP) is 4.36. The minimum Gasteiger partial charge on any atom is -0.453 e. The van der Waals surface area contributed by atoms with E-state index in [9.17, 15) is 9.18 Å². The molecule has 0 bridgehead atoms. The second kappa shape index (κ2) is 9.84. The zero-order valence-electron chi connectivity index (χ0n) is 16.8. The quantitative estimate of drug-likeness (QED) is 0.331. The Balaban J connectivity index is 1.41. The van der Waals surface area contributed by atoms with E-state index in [0.717, 1.165) is 0 Å². The van der Waals surface area contributed by atoms with Crippen LogP contribution in [0.3, 0.4) is 0 Å². The van der Waals surface area contributed by atoms with Crippen LogP contribution >= 0.6 is 11.8 Å². The molecular weight excluding hydrogens is 431 g/mol. The van der Waals surface area contributed by atoms with Crippen molar-refractivity contribution in [3.8, 4) is 17.2 Å². The van der Waals surface area contributed by atoms with E-state index in [4.69, 9.17) is 4.74 Å². The van der Waals surface area contributed by atoms with E-state index in [1.165, 1.54) is 42.2 Å². The number of benzene rings is 2. The van der Waals surface area contributed by atoms with E-state index in [0.29, 0.717) is 27.8 Å². The molecule has 0 aliphatic carbocycles. The summed E-state index contributed by atoms with van der Waals surface area (Å²) in [7, 11) is 0. The van der Waals surface area contributed by atoms with Crippen LogP contribution < -0.4 is 10.1 Å². The molecule has 0 aliphatic rings. The standard InChI is InChI=1S/C22H17FN6O2S/c1-32-22-26-27-28-29(22)17-5-2-4-16(13-17)25-21(30)10-8-15-7-9-20(19(23)12-15)31-18-6-3-11-24-14-18/h2-14H,1H3,(H,25,30)/b10-8+. The monoisotopic (exact) mass is 448 g/mol. The first-order valence-corrected chi connectivity index (χ1v) is 10.6. The average molecular weight is 448 g/mol. The molecule has 2 aromatic carbocycles. The number of anilines is 1. The minimum absolute atomic E-state index is 0.0728. The number of ether oxygens (including phenoxy) is 1. The number of aromatic nitrogens is 5. The molecule has 0 unspecified atom stereocenters. The minimum atomic E-state index is -0.546. The number of tetrazole rings is 1. The van der Waals surface area contributed by atoms with Crippen LogP contribution in [0.15, 0.2) is 78.2 Å². The first kappa shape index (κ1) is 21.2. The third kappa shape index (κ3) is 5.16. The number of pyridine rings is 1. The van der Waals surface area contributed by atoms with Crippen LogP contribution in [0.4, 0.5) is 10.1 Å². The molecule has 0 fully saturated rings. The van der Waals surface area contributed by atoms with Crippen LogP contribution in [0, 0.1) is 5.82 Å². The molecule has 4 rings (SSSR count). The Morgan fingerprint density at radius 2 is 2.09 bits per heavy atom. The number of carbonyl (C=O) groups excluding carboxylic acids is 1. The third-order valence-corrected chi connectivity index (χ3v) is 4.85. The molecule has 0 saturated heterocycles. The number of thioether (sulfide) groups is 1. The fourth-order valence-electron chi connectivity index (χ4n) is 2.78. The normalized spacial score (nSPS) is 10.9. The summed E-state index contributed by atoms with van der Waals surface area (Å²) < 4.78 is 21.4. The van der Waals surface area contributed by atoms with Crippen molar-refractivity contribution in [2.45, 2.75) is 5.16 Å². The summed E-state index contributed by atoms with van der Waals surface area (Å²) in [6, 6.07) is 15.0. The van der Waals surface area contributed by atoms with Crippen molar-refractivity contribution in [3.63, 3.8) is 0 Å². The molecule has 0 saturated carbocycles. The van der Waals surface area contributed by atoms with Crippen molar-refractivity contribution in [3.05, 3.63) is 84.4 Å². The molecule has 160 valence electrons. The molecule has 0 radical (unpaired) electrons. The summed E-state index contributed by atoms with van der Waals surface area (Å²) in [6.07, 6.45) is 7.81. The molecule has 1 amide bonds. The van der Waals surface area contributed by atoms with Crippen LogP contribution in [0.2, 0.25) is 0 Å². The smallest absolute Gasteiger partial charge is 0.248 e. The van der Waals surface area contributed by atoms with Crippen molar-refractivity contribution in [2.75, 3.05) is 11.6 Å². The molecule has 0 spiro atoms. The van der Waals surface area contributed by atoms with E-state index in [-0.39, 0.29) is 11.7 Å². The summed E-state index contributed by atoms with van der Waals surface area (Å²) in [4.78, 5) is 16.2. The lowest BCUT2D eigenvalue weighted by molar-refractivity contribution is -0.111. The summed E-state index contributed by atoms with van der Waals surface area (Å²) >= 11 is 1.41. The molecule has 10 heteroatoms. The molecule has 2 heterocycles. The molecule has 8 nitrogen and oxygen atoms in total. The highest BCUT2D eigenvalue weighted by molar-refractivity contribution is 7.98. The number of halogens is 1. The molecule has 1 N–H and O–H groups in total. The van der Waals surface area contributed by atoms with Gasteiger partial charge in [0.05, 0.1) is 11.9 Å². The Kier molecular flexibility index (Phi) is 6.52. The zero-order chi connectivity index (χ0) is 22.3. The fourth-order valence-corrected chi connectivity index (χ4v) is 3.21. The first-order chi connectivity index (χ1) is 15.6. The van der Waals surface area contributed by atoms with E-state index < -0.39 is 5.82 Å². The molecule has 4 aromatic rings. The Morgan fingerprint density at radius 3 is 2.88 bits per heavy atom. The highest BCUT2D eigenvalue weighted by atomic mass is 32.2. The van der Waals surface area contributed by atoms with E-state index in [1.807, 2.05) is 12.3 Å². The van der Waals surface area contributed by atoms with Crippen molar-refractivity contribution in [1.82, 2.24) is 25.2 Å². The fraction of sp³-hybridized carbons (Fsp3) is 0.0455. The van der Waals surface area contributed by atoms with Crippen LogP contribution in [0.25, 0.3) is 11.8 Å². The van der Waals surface area contributed by atoms with Gasteiger partial charge in [0.1, 0.15) is 5.75 Å². The highest BCUT2D eigenvalue weighted by Crippen LogP contribution is 2.25. The van der Waals surface area contributed by atoms with Crippen molar-refractivity contribution >= 4 is 29.4 Å². The lowest BCUT2D eigenvalue weighted by Crippen LogP contribution is -2.08. The van der Waals surface area contributed by atoms with Crippen LogP contribution in [0.5, 0.6) is 11.5 Å². The van der Waals surface area contributed by atoms with Gasteiger partial charge >= 0.3 is 0 Å². The van der Waals surface area contributed by atoms with Gasteiger partial charge in [-0.15, -0.1) is 5.10 Å². The first-order valence-electron chi connectivity index (χ1n) is 9.42. The summed E-state index contributed by atoms with van der Waals surface area (Å²) in [5.41, 5.74) is 1.81. The Morgan fingerprint density at radius 1 is 1.19 bits per heavy atom. The van der Waals surface area contributed by atoms with Gasteiger partial charge in [0.25, 0.3) is 0 Å². The van der Waals surface area contributed by atoms with Crippen molar-refractivity contribution in [2.24, 2.45) is 0 Å². The average Bonchev–Trinajstić information content (AvgIpc) is 3.29. The van der Waals surface area contributed by atoms with Gasteiger partial charge in [0.15, 0.2) is 11.6 Å². The van der Waals surface area contributed by atoms with Gasteiger partial charge in [0.2, 0.25) is 11.1 Å². The summed E-state index contributed by atoms with van der Waals surface area (Å²) in [6.45, 7) is 0. The van der Waals surface area contributed by atoms with Gasteiger partial charge in [-0.2, -0.15) is 4.68 Å². The maximum Gasteiger partial charge on any atom is 0.248 e. The second-order valence-corrected chi connectivity index (χ2v) is 7.20. The zero-order valence-corrected chi connectivity index (χ0v) is 17.7. The van der Waals surface area contributed by atoms with Crippen LogP contribution in [-0.4, -0.2) is 37.4 Å². The number of nitrogens with one attached hydrogen (secondary N) is 1. The highest BCUT2D eigenvalue weighted by Gasteiger charge is 2.09. The van der Waals surface area contributed by atoms with Crippen LogP contribution in [0.1, 0.15) is 5.56 Å².